The summed E-state index contributed by atoms with van der Waals surface area (Å²) in [5.41, 5.74) is 9.62. The van der Waals surface area contributed by atoms with E-state index in [4.69, 9.17) is 21.1 Å². The highest BCUT2D eigenvalue weighted by atomic mass is 35.5. The monoisotopic (exact) mass is 557 g/mol. The number of fused-ring (bicyclic) bond motifs is 2. The number of anilines is 1. The zero-order chi connectivity index (χ0) is 29.0. The van der Waals surface area contributed by atoms with Crippen molar-refractivity contribution in [1.29, 1.82) is 0 Å². The molecule has 0 radical (unpaired) electrons. The third-order valence-electron chi connectivity index (χ3n) is 9.07. The van der Waals surface area contributed by atoms with E-state index in [1.54, 1.807) is 14.2 Å². The first-order chi connectivity index (χ1) is 18.9. The van der Waals surface area contributed by atoms with E-state index in [2.05, 4.69) is 107 Å². The first kappa shape index (κ1) is 28.3. The van der Waals surface area contributed by atoms with Crippen LogP contribution in [0.25, 0.3) is 0 Å². The van der Waals surface area contributed by atoms with Crippen LogP contribution in [0.4, 0.5) is 11.4 Å². The number of hydrogen-bond acceptors (Lipinski definition) is 3. The maximum atomic E-state index is 7.12. The summed E-state index contributed by atoms with van der Waals surface area (Å²) in [7, 11) is 7.73. The average molecular weight is 558 g/mol. The predicted molar refractivity (Wildman–Crippen MR) is 168 cm³/mol. The lowest BCUT2D eigenvalue weighted by Crippen LogP contribution is -2.26. The van der Waals surface area contributed by atoms with Gasteiger partial charge in [0.1, 0.15) is 18.5 Å². The number of halogens is 1. The van der Waals surface area contributed by atoms with Gasteiger partial charge in [-0.3, -0.25) is 0 Å². The van der Waals surface area contributed by atoms with Crippen LogP contribution in [-0.4, -0.2) is 38.6 Å². The van der Waals surface area contributed by atoms with Crippen molar-refractivity contribution in [2.75, 3.05) is 33.2 Å². The van der Waals surface area contributed by atoms with Crippen LogP contribution in [0.5, 0.6) is 11.5 Å². The number of benzene rings is 2. The topological polar surface area (TPSA) is 24.7 Å². The van der Waals surface area contributed by atoms with Gasteiger partial charge in [0.2, 0.25) is 5.69 Å². The molecule has 1 aliphatic carbocycles. The molecule has 5 heteroatoms. The van der Waals surface area contributed by atoms with Gasteiger partial charge < -0.3 is 14.4 Å². The van der Waals surface area contributed by atoms with Crippen molar-refractivity contribution in [3.05, 3.63) is 93.7 Å². The Morgan fingerprint density at radius 1 is 0.900 bits per heavy atom. The first-order valence-corrected chi connectivity index (χ1v) is 14.5. The van der Waals surface area contributed by atoms with Gasteiger partial charge in [-0.25, -0.2) is 0 Å². The van der Waals surface area contributed by atoms with Gasteiger partial charge in [0.15, 0.2) is 5.71 Å². The van der Waals surface area contributed by atoms with Gasteiger partial charge in [0.05, 0.1) is 19.6 Å². The summed E-state index contributed by atoms with van der Waals surface area (Å²) < 4.78 is 13.3. The Morgan fingerprint density at radius 3 is 2.23 bits per heavy atom. The maximum Gasteiger partial charge on any atom is 0.209 e. The first-order valence-electron chi connectivity index (χ1n) is 14.1. The second-order valence-corrected chi connectivity index (χ2v) is 12.8. The second kappa shape index (κ2) is 10.3. The quantitative estimate of drug-likeness (QED) is 0.345. The maximum absolute atomic E-state index is 7.12. The molecule has 2 aliphatic heterocycles. The fraction of sp³-hybridized carbons (Fsp3) is 0.400. The van der Waals surface area contributed by atoms with Crippen LogP contribution in [-0.2, 0) is 10.8 Å². The summed E-state index contributed by atoms with van der Waals surface area (Å²) in [6.07, 6.45) is 10.9. The summed E-state index contributed by atoms with van der Waals surface area (Å²) in [4.78, 5) is 2.29. The Morgan fingerprint density at radius 2 is 1.55 bits per heavy atom. The van der Waals surface area contributed by atoms with E-state index in [0.29, 0.717) is 5.92 Å². The molecule has 2 aromatic carbocycles. The molecule has 2 aromatic rings. The van der Waals surface area contributed by atoms with Crippen LogP contribution in [0.3, 0.4) is 0 Å². The standard InChI is InChI=1S/C35H42ClN2O2/c1-22-18-23(10-16-31-34(2,3)27-20-25(39-8)12-14-29(27)37(31)6)33(36)24(19-22)11-17-32-35(4,5)28-21-26(40-9)13-15-30(28)38(32)7/h10-17,20-22H,18-19H2,1-9H3/q+1. The summed E-state index contributed by atoms with van der Waals surface area (Å²) >= 11 is 7.12. The third kappa shape index (κ3) is 4.60. The van der Waals surface area contributed by atoms with Gasteiger partial charge in [-0.05, 0) is 85.7 Å². The highest BCUT2D eigenvalue weighted by molar-refractivity contribution is 6.32. The predicted octanol–water partition coefficient (Wildman–Crippen LogP) is 8.43. The van der Waals surface area contributed by atoms with Crippen LogP contribution in [0.2, 0.25) is 0 Å². The fourth-order valence-electron chi connectivity index (χ4n) is 6.73. The zero-order valence-corrected chi connectivity index (χ0v) is 26.1. The van der Waals surface area contributed by atoms with E-state index in [0.717, 1.165) is 29.4 Å². The molecule has 0 fully saturated rings. The number of rotatable bonds is 5. The van der Waals surface area contributed by atoms with E-state index in [-0.39, 0.29) is 10.8 Å². The van der Waals surface area contributed by atoms with E-state index in [1.807, 2.05) is 12.1 Å². The molecule has 0 saturated carbocycles. The zero-order valence-electron chi connectivity index (χ0n) is 25.4. The largest absolute Gasteiger partial charge is 0.497 e. The molecule has 210 valence electrons. The number of allylic oxidation sites excluding steroid dienone is 8. The van der Waals surface area contributed by atoms with Crippen LogP contribution < -0.4 is 14.4 Å². The molecule has 0 saturated heterocycles. The lowest BCUT2D eigenvalue weighted by Gasteiger charge is -2.25. The lowest BCUT2D eigenvalue weighted by molar-refractivity contribution is -0.401. The number of hydrogen-bond donors (Lipinski definition) is 0. The molecule has 3 aliphatic rings. The van der Waals surface area contributed by atoms with Crippen molar-refractivity contribution < 1.29 is 14.0 Å². The number of nitrogens with zero attached hydrogens (tertiary/aromatic N) is 2. The summed E-state index contributed by atoms with van der Waals surface area (Å²) in [5, 5.41) is 0.877. The minimum atomic E-state index is -0.137. The number of ether oxygens (including phenoxy) is 2. The van der Waals surface area contributed by atoms with Gasteiger partial charge in [-0.2, -0.15) is 4.58 Å². The summed E-state index contributed by atoms with van der Waals surface area (Å²) in [6.45, 7) is 11.4. The number of likely N-dealkylation sites (N-methyl/N-ethyl adjacent to an activating group) is 1. The number of methoxy groups -OCH3 is 2. The van der Waals surface area contributed by atoms with Crippen molar-refractivity contribution in [2.45, 2.75) is 58.3 Å². The molecular weight excluding hydrogens is 516 g/mol. The van der Waals surface area contributed by atoms with Crippen molar-refractivity contribution in [3.63, 3.8) is 0 Å². The molecule has 0 bridgehead atoms. The molecule has 1 unspecified atom stereocenters. The third-order valence-corrected chi connectivity index (χ3v) is 9.55. The minimum absolute atomic E-state index is 0.137. The summed E-state index contributed by atoms with van der Waals surface area (Å²) in [5.74, 6) is 2.29. The molecule has 0 aromatic heterocycles. The molecule has 0 N–H and O–H groups in total. The Balaban J connectivity index is 1.47. The molecule has 40 heavy (non-hydrogen) atoms. The van der Waals surface area contributed by atoms with Crippen molar-refractivity contribution in [2.24, 2.45) is 5.92 Å². The normalized spacial score (nSPS) is 23.4. The highest BCUT2D eigenvalue weighted by Crippen LogP contribution is 2.48. The van der Waals surface area contributed by atoms with E-state index in [9.17, 15) is 0 Å². The molecule has 0 spiro atoms. The highest BCUT2D eigenvalue weighted by Gasteiger charge is 2.43. The molecule has 2 heterocycles. The smallest absolute Gasteiger partial charge is 0.209 e. The molecule has 0 amide bonds. The molecule has 1 atom stereocenters. The van der Waals surface area contributed by atoms with Gasteiger partial charge >= 0.3 is 0 Å². The average Bonchev–Trinajstić information content (AvgIpc) is 3.24. The summed E-state index contributed by atoms with van der Waals surface area (Å²) in [6, 6.07) is 12.7. The van der Waals surface area contributed by atoms with E-state index >= 15 is 0 Å². The molecule has 5 rings (SSSR count). The Hall–Kier alpha value is -3.24. The van der Waals surface area contributed by atoms with Gasteiger partial charge in [-0.1, -0.05) is 44.5 Å². The van der Waals surface area contributed by atoms with E-state index in [1.165, 1.54) is 45.1 Å². The van der Waals surface area contributed by atoms with Crippen LogP contribution >= 0.6 is 11.6 Å². The minimum Gasteiger partial charge on any atom is -0.497 e. The Kier molecular flexibility index (Phi) is 7.29. The lowest BCUT2D eigenvalue weighted by atomic mass is 9.80. The Bertz CT molecular complexity index is 1520. The van der Waals surface area contributed by atoms with Crippen molar-refractivity contribution >= 4 is 28.7 Å². The fourth-order valence-corrected chi connectivity index (χ4v) is 7.01. The van der Waals surface area contributed by atoms with Crippen molar-refractivity contribution in [1.82, 2.24) is 0 Å². The van der Waals surface area contributed by atoms with Gasteiger partial charge in [-0.15, -0.1) is 0 Å². The van der Waals surface area contributed by atoms with Crippen LogP contribution in [0, 0.1) is 5.92 Å². The van der Waals surface area contributed by atoms with Crippen LogP contribution in [0.1, 0.15) is 58.6 Å². The molecular formula is C35H42ClN2O2+. The van der Waals surface area contributed by atoms with Crippen molar-refractivity contribution in [3.8, 4) is 11.5 Å². The Labute approximate surface area is 245 Å². The van der Waals surface area contributed by atoms with E-state index < -0.39 is 0 Å². The van der Waals surface area contributed by atoms with Gasteiger partial charge in [0, 0.05) is 46.6 Å². The second-order valence-electron chi connectivity index (χ2n) is 12.4. The van der Waals surface area contributed by atoms with Crippen LogP contribution in [0.15, 0.2) is 82.6 Å². The SMILES string of the molecule is COc1ccc2c(c1)C(C)(C)C(=CC=C1CC(C)CC(C=CC3=[N+](C)c4ccc(OC)cc4C3(C)C)=C1Cl)N2C. The van der Waals surface area contributed by atoms with Gasteiger partial charge in [0.25, 0.3) is 0 Å². The molecule has 4 nitrogen and oxygen atoms in total.